The van der Waals surface area contributed by atoms with Crippen LogP contribution in [0.2, 0.25) is 0 Å². The first-order valence-electron chi connectivity index (χ1n) is 9.16. The van der Waals surface area contributed by atoms with E-state index < -0.39 is 0 Å². The summed E-state index contributed by atoms with van der Waals surface area (Å²) in [7, 11) is 0. The fraction of sp³-hybridized carbons (Fsp3) is 0.273. The number of nitrogens with one attached hydrogen (secondary N) is 1. The number of ether oxygens (including phenoxy) is 1. The molecule has 1 aliphatic rings. The molecule has 1 amide bonds. The molecule has 2 aromatic carbocycles. The van der Waals surface area contributed by atoms with Crippen molar-refractivity contribution < 1.29 is 9.53 Å². The van der Waals surface area contributed by atoms with Crippen molar-refractivity contribution in [3.8, 4) is 5.75 Å². The van der Waals surface area contributed by atoms with Crippen LogP contribution in [-0.2, 0) is 6.61 Å². The molecule has 1 aliphatic carbocycles. The largest absolute Gasteiger partial charge is 0.487 e. The van der Waals surface area contributed by atoms with Crippen LogP contribution in [0.3, 0.4) is 0 Å². The van der Waals surface area contributed by atoms with Gasteiger partial charge in [0.1, 0.15) is 12.4 Å². The van der Waals surface area contributed by atoms with Crippen molar-refractivity contribution in [3.63, 3.8) is 0 Å². The van der Waals surface area contributed by atoms with Gasteiger partial charge >= 0.3 is 0 Å². The van der Waals surface area contributed by atoms with Crippen LogP contribution in [0.5, 0.6) is 5.75 Å². The molecule has 1 fully saturated rings. The van der Waals surface area contributed by atoms with Gasteiger partial charge in [0.25, 0.3) is 5.91 Å². The van der Waals surface area contributed by atoms with E-state index >= 15 is 0 Å². The Balaban J connectivity index is 1.41. The highest BCUT2D eigenvalue weighted by atomic mass is 32.1. The molecule has 1 heterocycles. The number of carbonyl (C=O) groups is 1. The number of amides is 1. The minimum atomic E-state index is -0.0472. The zero-order valence-electron chi connectivity index (χ0n) is 15.2. The molecule has 1 aromatic heterocycles. The molecular formula is C22H22N2O2S. The maximum Gasteiger partial charge on any atom is 0.251 e. The van der Waals surface area contributed by atoms with Gasteiger partial charge in [-0.15, -0.1) is 11.3 Å². The predicted octanol–water partition coefficient (Wildman–Crippen LogP) is 4.85. The second kappa shape index (κ2) is 7.92. The monoisotopic (exact) mass is 378 g/mol. The van der Waals surface area contributed by atoms with Gasteiger partial charge < -0.3 is 10.1 Å². The Labute approximate surface area is 163 Å². The molecule has 4 nitrogen and oxygen atoms in total. The Hall–Kier alpha value is -2.66. The van der Waals surface area contributed by atoms with E-state index in [0.29, 0.717) is 24.0 Å². The minimum absolute atomic E-state index is 0.0472. The Morgan fingerprint density at radius 1 is 1.22 bits per heavy atom. The highest BCUT2D eigenvalue weighted by Gasteiger charge is 2.40. The standard InChI is InChI=1S/C22H22N2O2S/c1-15-11-20(15)21(16-5-3-2-4-6-16)24-22(25)17-7-9-19(10-8-17)26-12-18-13-27-14-23-18/h2-10,13-15,20-21H,11-12H2,1H3,(H,24,25). The van der Waals surface area contributed by atoms with E-state index in [1.165, 1.54) is 5.56 Å². The van der Waals surface area contributed by atoms with Gasteiger partial charge in [0.15, 0.2) is 0 Å². The van der Waals surface area contributed by atoms with E-state index in [2.05, 4.69) is 29.4 Å². The van der Waals surface area contributed by atoms with Crippen molar-refractivity contribution in [3.05, 3.63) is 82.3 Å². The van der Waals surface area contributed by atoms with Gasteiger partial charge in [0.05, 0.1) is 17.2 Å². The number of thiazole rings is 1. The molecule has 3 unspecified atom stereocenters. The molecule has 0 bridgehead atoms. The van der Waals surface area contributed by atoms with Crippen LogP contribution < -0.4 is 10.1 Å². The smallest absolute Gasteiger partial charge is 0.251 e. The van der Waals surface area contributed by atoms with E-state index in [1.807, 2.05) is 47.8 Å². The summed E-state index contributed by atoms with van der Waals surface area (Å²) < 4.78 is 5.71. The lowest BCUT2D eigenvalue weighted by Crippen LogP contribution is -2.30. The van der Waals surface area contributed by atoms with Crippen LogP contribution >= 0.6 is 11.3 Å². The molecule has 4 rings (SSSR count). The van der Waals surface area contributed by atoms with Gasteiger partial charge in [0.2, 0.25) is 0 Å². The number of benzene rings is 2. The predicted molar refractivity (Wildman–Crippen MR) is 107 cm³/mol. The van der Waals surface area contributed by atoms with Crippen LogP contribution in [0.25, 0.3) is 0 Å². The number of rotatable bonds is 7. The summed E-state index contributed by atoms with van der Waals surface area (Å²) >= 11 is 1.55. The quantitative estimate of drug-likeness (QED) is 0.639. The van der Waals surface area contributed by atoms with E-state index in [-0.39, 0.29) is 11.9 Å². The zero-order chi connectivity index (χ0) is 18.6. The Kier molecular flexibility index (Phi) is 5.21. The van der Waals surface area contributed by atoms with Crippen LogP contribution in [-0.4, -0.2) is 10.9 Å². The van der Waals surface area contributed by atoms with Crippen molar-refractivity contribution in [1.29, 1.82) is 0 Å². The first-order valence-corrected chi connectivity index (χ1v) is 10.1. The molecule has 0 radical (unpaired) electrons. The fourth-order valence-corrected chi connectivity index (χ4v) is 3.85. The molecule has 5 heteroatoms. The van der Waals surface area contributed by atoms with E-state index in [1.54, 1.807) is 16.8 Å². The Bertz CT molecular complexity index is 878. The van der Waals surface area contributed by atoms with Gasteiger partial charge in [-0.05, 0) is 48.1 Å². The lowest BCUT2D eigenvalue weighted by atomic mass is 10.0. The number of nitrogens with zero attached hydrogens (tertiary/aromatic N) is 1. The molecule has 0 saturated heterocycles. The van der Waals surface area contributed by atoms with Crippen molar-refractivity contribution in [1.82, 2.24) is 10.3 Å². The molecule has 0 spiro atoms. The lowest BCUT2D eigenvalue weighted by molar-refractivity contribution is 0.0930. The van der Waals surface area contributed by atoms with Gasteiger partial charge in [-0.1, -0.05) is 37.3 Å². The molecule has 1 saturated carbocycles. The summed E-state index contributed by atoms with van der Waals surface area (Å²) in [5.74, 6) is 1.85. The van der Waals surface area contributed by atoms with Crippen LogP contribution in [0.15, 0.2) is 65.5 Å². The number of carbonyl (C=O) groups excluding carboxylic acids is 1. The third-order valence-electron chi connectivity index (χ3n) is 5.03. The summed E-state index contributed by atoms with van der Waals surface area (Å²) in [5, 5.41) is 5.19. The topological polar surface area (TPSA) is 51.2 Å². The number of hydrogen-bond acceptors (Lipinski definition) is 4. The highest BCUT2D eigenvalue weighted by molar-refractivity contribution is 7.07. The summed E-state index contributed by atoms with van der Waals surface area (Å²) in [4.78, 5) is 17.0. The van der Waals surface area contributed by atoms with Crippen molar-refractivity contribution in [2.45, 2.75) is 26.0 Å². The SMILES string of the molecule is CC1CC1C(NC(=O)c1ccc(OCc2cscn2)cc1)c1ccccc1. The van der Waals surface area contributed by atoms with E-state index in [4.69, 9.17) is 4.74 Å². The lowest BCUT2D eigenvalue weighted by Gasteiger charge is -2.19. The second-order valence-corrected chi connectivity index (χ2v) is 7.75. The third-order valence-corrected chi connectivity index (χ3v) is 5.67. The van der Waals surface area contributed by atoms with Gasteiger partial charge in [-0.2, -0.15) is 0 Å². The van der Waals surface area contributed by atoms with Crippen LogP contribution in [0, 0.1) is 11.8 Å². The maximum absolute atomic E-state index is 12.8. The minimum Gasteiger partial charge on any atom is -0.487 e. The number of aromatic nitrogens is 1. The van der Waals surface area contributed by atoms with Crippen molar-refractivity contribution in [2.24, 2.45) is 11.8 Å². The Morgan fingerprint density at radius 2 is 1.96 bits per heavy atom. The fourth-order valence-electron chi connectivity index (χ4n) is 3.31. The molecule has 3 aromatic rings. The summed E-state index contributed by atoms with van der Waals surface area (Å²) in [6, 6.07) is 17.6. The first kappa shape index (κ1) is 17.7. The van der Waals surface area contributed by atoms with E-state index in [0.717, 1.165) is 17.9 Å². The molecular weight excluding hydrogens is 356 g/mol. The number of hydrogen-bond donors (Lipinski definition) is 1. The molecule has 0 aliphatic heterocycles. The average molecular weight is 378 g/mol. The van der Waals surface area contributed by atoms with E-state index in [9.17, 15) is 4.79 Å². The van der Waals surface area contributed by atoms with Gasteiger partial charge in [-0.25, -0.2) is 4.98 Å². The normalized spacial score (nSPS) is 19.3. The molecule has 1 N–H and O–H groups in total. The first-order chi connectivity index (χ1) is 13.2. The van der Waals surface area contributed by atoms with Crippen LogP contribution in [0.4, 0.5) is 0 Å². The third kappa shape index (κ3) is 4.37. The van der Waals surface area contributed by atoms with Crippen molar-refractivity contribution in [2.75, 3.05) is 0 Å². The maximum atomic E-state index is 12.8. The van der Waals surface area contributed by atoms with Crippen molar-refractivity contribution >= 4 is 17.2 Å². The summed E-state index contributed by atoms with van der Waals surface area (Å²) in [6.07, 6.45) is 1.16. The van der Waals surface area contributed by atoms with Gasteiger partial charge in [-0.3, -0.25) is 4.79 Å². The zero-order valence-corrected chi connectivity index (χ0v) is 16.0. The Morgan fingerprint density at radius 3 is 2.59 bits per heavy atom. The second-order valence-electron chi connectivity index (χ2n) is 7.03. The average Bonchev–Trinajstić information content (AvgIpc) is 3.19. The highest BCUT2D eigenvalue weighted by Crippen LogP contribution is 2.47. The molecule has 138 valence electrons. The van der Waals surface area contributed by atoms with Gasteiger partial charge in [0, 0.05) is 10.9 Å². The summed E-state index contributed by atoms with van der Waals surface area (Å²) in [5.41, 5.74) is 4.51. The van der Waals surface area contributed by atoms with Crippen LogP contribution in [0.1, 0.15) is 41.0 Å². The molecule has 27 heavy (non-hydrogen) atoms. The summed E-state index contributed by atoms with van der Waals surface area (Å²) in [6.45, 7) is 2.67. The molecule has 3 atom stereocenters.